The average molecular weight is 361 g/mol. The molecule has 1 aromatic carbocycles. The van der Waals surface area contributed by atoms with Crippen LogP contribution in [0.2, 0.25) is 0 Å². The predicted octanol–water partition coefficient (Wildman–Crippen LogP) is 1.65. The Kier molecular flexibility index (Phi) is 7.60. The molecule has 6 nitrogen and oxygen atoms in total. The van der Waals surface area contributed by atoms with Crippen molar-refractivity contribution in [2.75, 3.05) is 39.8 Å². The largest absolute Gasteiger partial charge is 0.467 e. The van der Waals surface area contributed by atoms with Crippen molar-refractivity contribution in [2.24, 2.45) is 0 Å². The smallest absolute Gasteiger partial charge is 0.331 e. The fourth-order valence-electron chi connectivity index (χ4n) is 3.44. The number of piperazine rings is 1. The maximum atomic E-state index is 12.4. The van der Waals surface area contributed by atoms with Gasteiger partial charge in [0, 0.05) is 32.7 Å². The van der Waals surface area contributed by atoms with Crippen LogP contribution in [-0.2, 0) is 20.9 Å². The maximum Gasteiger partial charge on any atom is 0.331 e. The van der Waals surface area contributed by atoms with Crippen LogP contribution in [0.4, 0.5) is 0 Å². The van der Waals surface area contributed by atoms with Crippen LogP contribution < -0.4 is 5.32 Å². The number of amides is 1. The predicted molar refractivity (Wildman–Crippen MR) is 102 cm³/mol. The summed E-state index contributed by atoms with van der Waals surface area (Å²) in [7, 11) is 1.36. The molecule has 0 aliphatic carbocycles. The quantitative estimate of drug-likeness (QED) is 0.714. The Balaban J connectivity index is 1.79. The Morgan fingerprint density at radius 2 is 1.73 bits per heavy atom. The molecule has 0 spiro atoms. The van der Waals surface area contributed by atoms with Gasteiger partial charge in [-0.2, -0.15) is 0 Å². The van der Waals surface area contributed by atoms with Crippen molar-refractivity contribution in [3.8, 4) is 0 Å². The number of hydrogen-bond acceptors (Lipinski definition) is 5. The van der Waals surface area contributed by atoms with Crippen molar-refractivity contribution in [3.05, 3.63) is 35.9 Å². The lowest BCUT2D eigenvalue weighted by molar-refractivity contribution is -0.150. The summed E-state index contributed by atoms with van der Waals surface area (Å²) in [5.41, 5.74) is 0.363. The van der Waals surface area contributed by atoms with Gasteiger partial charge >= 0.3 is 5.97 Å². The number of esters is 1. The van der Waals surface area contributed by atoms with Crippen LogP contribution in [0.15, 0.2) is 30.3 Å². The lowest BCUT2D eigenvalue weighted by atomic mass is 9.96. The number of hydrogen-bond donors (Lipinski definition) is 1. The van der Waals surface area contributed by atoms with Gasteiger partial charge in [-0.15, -0.1) is 0 Å². The highest BCUT2D eigenvalue weighted by atomic mass is 16.5. The molecule has 1 N–H and O–H groups in total. The first-order chi connectivity index (χ1) is 12.5. The minimum Gasteiger partial charge on any atom is -0.467 e. The van der Waals surface area contributed by atoms with Gasteiger partial charge in [-0.3, -0.25) is 14.6 Å². The van der Waals surface area contributed by atoms with Crippen LogP contribution in [0.5, 0.6) is 0 Å². The third-order valence-corrected chi connectivity index (χ3v) is 4.88. The molecule has 0 bridgehead atoms. The van der Waals surface area contributed by atoms with E-state index in [1.54, 1.807) is 6.92 Å². The molecule has 1 heterocycles. The van der Waals surface area contributed by atoms with E-state index in [0.29, 0.717) is 13.0 Å². The first kappa shape index (κ1) is 20.4. The molecule has 1 aromatic rings. The summed E-state index contributed by atoms with van der Waals surface area (Å²) in [6, 6.07) is 10.4. The number of ether oxygens (including phenoxy) is 1. The molecule has 1 atom stereocenters. The summed E-state index contributed by atoms with van der Waals surface area (Å²) in [6.45, 7) is 8.55. The number of benzene rings is 1. The van der Waals surface area contributed by atoms with E-state index in [2.05, 4.69) is 39.4 Å². The van der Waals surface area contributed by atoms with E-state index in [9.17, 15) is 9.59 Å². The highest BCUT2D eigenvalue weighted by Crippen LogP contribution is 2.15. The first-order valence-corrected chi connectivity index (χ1v) is 9.35. The van der Waals surface area contributed by atoms with Crippen LogP contribution in [0.3, 0.4) is 0 Å². The molecular formula is C20H31N3O3. The van der Waals surface area contributed by atoms with Crippen molar-refractivity contribution in [1.82, 2.24) is 15.1 Å². The van der Waals surface area contributed by atoms with Gasteiger partial charge < -0.3 is 10.1 Å². The van der Waals surface area contributed by atoms with Crippen LogP contribution >= 0.6 is 0 Å². The Bertz CT molecular complexity index is 585. The van der Waals surface area contributed by atoms with E-state index in [1.165, 1.54) is 12.7 Å². The van der Waals surface area contributed by atoms with E-state index in [1.807, 2.05) is 13.0 Å². The Hall–Kier alpha value is -1.92. The van der Waals surface area contributed by atoms with Crippen molar-refractivity contribution < 1.29 is 14.3 Å². The number of nitrogens with zero attached hydrogens (tertiary/aromatic N) is 2. The molecule has 1 fully saturated rings. The zero-order valence-electron chi connectivity index (χ0n) is 16.2. The van der Waals surface area contributed by atoms with Crippen LogP contribution in [0.1, 0.15) is 32.3 Å². The summed E-state index contributed by atoms with van der Waals surface area (Å²) in [5, 5.41) is 2.87. The van der Waals surface area contributed by atoms with Crippen molar-refractivity contribution >= 4 is 11.9 Å². The third-order valence-electron chi connectivity index (χ3n) is 4.88. The van der Waals surface area contributed by atoms with Crippen molar-refractivity contribution in [3.63, 3.8) is 0 Å². The van der Waals surface area contributed by atoms with Gasteiger partial charge in [-0.05, 0) is 18.9 Å². The molecule has 1 aliphatic heterocycles. The van der Waals surface area contributed by atoms with Gasteiger partial charge in [0.25, 0.3) is 0 Å². The van der Waals surface area contributed by atoms with Crippen molar-refractivity contribution in [1.29, 1.82) is 0 Å². The van der Waals surface area contributed by atoms with Gasteiger partial charge in [0.1, 0.15) is 5.54 Å². The fraction of sp³-hybridized carbons (Fsp3) is 0.600. The molecule has 6 heteroatoms. The normalized spacial score (nSPS) is 18.1. The molecular weight excluding hydrogens is 330 g/mol. The number of nitrogens with one attached hydrogen (secondary N) is 1. The lowest BCUT2D eigenvalue weighted by Gasteiger charge is -2.35. The highest BCUT2D eigenvalue weighted by molar-refractivity contribution is 5.88. The molecule has 1 saturated heterocycles. The second-order valence-electron chi connectivity index (χ2n) is 7.16. The second-order valence-corrected chi connectivity index (χ2v) is 7.16. The summed E-state index contributed by atoms with van der Waals surface area (Å²) in [6.07, 6.45) is 1.36. The van der Waals surface area contributed by atoms with E-state index in [4.69, 9.17) is 4.74 Å². The standard InChI is InChI=1S/C20H31N3O3/c1-4-10-20(2,19(25)26-3)21-18(24)16-23-13-11-22(12-14-23)15-17-8-6-5-7-9-17/h5-9H,4,10-16H2,1-3H3,(H,21,24). The summed E-state index contributed by atoms with van der Waals surface area (Å²) in [4.78, 5) is 29.0. The SMILES string of the molecule is CCCC(C)(NC(=O)CN1CCN(Cc2ccccc2)CC1)C(=O)OC. The topological polar surface area (TPSA) is 61.9 Å². The zero-order valence-corrected chi connectivity index (χ0v) is 16.2. The highest BCUT2D eigenvalue weighted by Gasteiger charge is 2.35. The third kappa shape index (κ3) is 5.81. The van der Waals surface area contributed by atoms with E-state index >= 15 is 0 Å². The average Bonchev–Trinajstić information content (AvgIpc) is 2.63. The lowest BCUT2D eigenvalue weighted by Crippen LogP contribution is -2.56. The first-order valence-electron chi connectivity index (χ1n) is 9.35. The van der Waals surface area contributed by atoms with E-state index in [-0.39, 0.29) is 11.9 Å². The molecule has 0 radical (unpaired) electrons. The Morgan fingerprint density at radius 1 is 1.12 bits per heavy atom. The summed E-state index contributed by atoms with van der Waals surface area (Å²) in [5.74, 6) is -0.511. The van der Waals surface area contributed by atoms with Crippen LogP contribution in [0.25, 0.3) is 0 Å². The molecule has 0 saturated carbocycles. The number of carbonyl (C=O) groups excluding carboxylic acids is 2. The molecule has 1 aliphatic rings. The van der Waals surface area contributed by atoms with Gasteiger partial charge in [-0.25, -0.2) is 4.79 Å². The number of rotatable bonds is 8. The van der Waals surface area contributed by atoms with Crippen LogP contribution in [0, 0.1) is 0 Å². The molecule has 1 unspecified atom stereocenters. The summed E-state index contributed by atoms with van der Waals surface area (Å²) < 4.78 is 4.86. The molecule has 144 valence electrons. The fourth-order valence-corrected chi connectivity index (χ4v) is 3.44. The van der Waals surface area contributed by atoms with E-state index < -0.39 is 5.54 Å². The number of methoxy groups -OCH3 is 1. The zero-order chi connectivity index (χ0) is 19.0. The summed E-state index contributed by atoms with van der Waals surface area (Å²) >= 11 is 0. The molecule has 2 rings (SSSR count). The minimum absolute atomic E-state index is 0.122. The molecule has 1 amide bonds. The molecule has 26 heavy (non-hydrogen) atoms. The Labute approximate surface area is 156 Å². The Morgan fingerprint density at radius 3 is 2.31 bits per heavy atom. The number of carbonyl (C=O) groups is 2. The monoisotopic (exact) mass is 361 g/mol. The maximum absolute atomic E-state index is 12.4. The van der Waals surface area contributed by atoms with E-state index in [0.717, 1.165) is 39.1 Å². The van der Waals surface area contributed by atoms with Gasteiger partial charge in [-0.1, -0.05) is 43.7 Å². The van der Waals surface area contributed by atoms with Crippen LogP contribution in [-0.4, -0.2) is 67.0 Å². The van der Waals surface area contributed by atoms with Gasteiger partial charge in [0.05, 0.1) is 13.7 Å². The second kappa shape index (κ2) is 9.69. The van der Waals surface area contributed by atoms with Gasteiger partial charge in [0.15, 0.2) is 0 Å². The van der Waals surface area contributed by atoms with Crippen molar-refractivity contribution in [2.45, 2.75) is 38.8 Å². The minimum atomic E-state index is -0.949. The molecule has 0 aromatic heterocycles. The van der Waals surface area contributed by atoms with Gasteiger partial charge in [0.2, 0.25) is 5.91 Å².